The SMILES string of the molecule is CNCC(C)C(=O)NC1CC(C)(C)NC(C)(C)C1. The molecule has 1 unspecified atom stereocenters. The van der Waals surface area contributed by atoms with Gasteiger partial charge in [-0.05, 0) is 47.6 Å². The Balaban J connectivity index is 2.59. The van der Waals surface area contributed by atoms with Crippen molar-refractivity contribution in [1.82, 2.24) is 16.0 Å². The summed E-state index contributed by atoms with van der Waals surface area (Å²) in [5, 5.41) is 9.87. The fourth-order valence-electron chi connectivity index (χ4n) is 3.17. The number of carbonyl (C=O) groups excluding carboxylic acids is 1. The molecule has 3 N–H and O–H groups in total. The van der Waals surface area contributed by atoms with Gasteiger partial charge in [0.1, 0.15) is 0 Å². The maximum absolute atomic E-state index is 12.1. The zero-order chi connectivity index (χ0) is 14.0. The molecule has 106 valence electrons. The van der Waals surface area contributed by atoms with Crippen LogP contribution in [0.5, 0.6) is 0 Å². The Morgan fingerprint density at radius 3 is 2.22 bits per heavy atom. The minimum Gasteiger partial charge on any atom is -0.353 e. The van der Waals surface area contributed by atoms with Gasteiger partial charge in [-0.25, -0.2) is 0 Å². The second-order valence-electron chi connectivity index (χ2n) is 6.97. The van der Waals surface area contributed by atoms with Gasteiger partial charge in [0.15, 0.2) is 0 Å². The highest BCUT2D eigenvalue weighted by molar-refractivity contribution is 5.78. The summed E-state index contributed by atoms with van der Waals surface area (Å²) in [7, 11) is 1.88. The van der Waals surface area contributed by atoms with Gasteiger partial charge in [0.05, 0.1) is 0 Å². The summed E-state index contributed by atoms with van der Waals surface area (Å²) in [6, 6.07) is 0.267. The zero-order valence-electron chi connectivity index (χ0n) is 12.7. The standard InChI is InChI=1S/C14H29N3O/c1-10(9-15-6)12(18)16-11-7-13(2,3)17-14(4,5)8-11/h10-11,15,17H,7-9H2,1-6H3,(H,16,18). The van der Waals surface area contributed by atoms with Crippen LogP contribution in [0.15, 0.2) is 0 Å². The van der Waals surface area contributed by atoms with Crippen molar-refractivity contribution >= 4 is 5.91 Å². The Morgan fingerprint density at radius 1 is 1.28 bits per heavy atom. The third-order valence-corrected chi connectivity index (χ3v) is 3.49. The second kappa shape index (κ2) is 5.57. The molecule has 1 aliphatic heterocycles. The molecule has 1 fully saturated rings. The van der Waals surface area contributed by atoms with E-state index in [0.29, 0.717) is 0 Å². The highest BCUT2D eigenvalue weighted by Gasteiger charge is 2.38. The van der Waals surface area contributed by atoms with E-state index >= 15 is 0 Å². The van der Waals surface area contributed by atoms with E-state index in [4.69, 9.17) is 0 Å². The van der Waals surface area contributed by atoms with Crippen molar-refractivity contribution in [3.05, 3.63) is 0 Å². The van der Waals surface area contributed by atoms with Gasteiger partial charge in [-0.2, -0.15) is 0 Å². The minimum absolute atomic E-state index is 0.0242. The molecule has 1 heterocycles. The van der Waals surface area contributed by atoms with Crippen molar-refractivity contribution in [2.45, 2.75) is 64.6 Å². The van der Waals surface area contributed by atoms with Crippen molar-refractivity contribution in [3.8, 4) is 0 Å². The first-order valence-electron chi connectivity index (χ1n) is 6.89. The van der Waals surface area contributed by atoms with Crippen LogP contribution >= 0.6 is 0 Å². The Morgan fingerprint density at radius 2 is 1.78 bits per heavy atom. The summed E-state index contributed by atoms with van der Waals surface area (Å²) in [4.78, 5) is 12.1. The molecular formula is C14H29N3O. The van der Waals surface area contributed by atoms with Gasteiger partial charge in [0, 0.05) is 29.6 Å². The average molecular weight is 255 g/mol. The molecular weight excluding hydrogens is 226 g/mol. The molecule has 0 radical (unpaired) electrons. The smallest absolute Gasteiger partial charge is 0.224 e. The van der Waals surface area contributed by atoms with Crippen LogP contribution in [0.1, 0.15) is 47.5 Å². The van der Waals surface area contributed by atoms with Crippen molar-refractivity contribution in [2.75, 3.05) is 13.6 Å². The number of rotatable bonds is 4. The van der Waals surface area contributed by atoms with Crippen LogP contribution in [0.3, 0.4) is 0 Å². The Labute approximate surface area is 111 Å². The molecule has 0 saturated carbocycles. The van der Waals surface area contributed by atoms with E-state index in [-0.39, 0.29) is 28.9 Å². The number of carbonyl (C=O) groups is 1. The topological polar surface area (TPSA) is 53.2 Å². The van der Waals surface area contributed by atoms with Crippen LogP contribution in [-0.2, 0) is 4.79 Å². The Hall–Kier alpha value is -0.610. The van der Waals surface area contributed by atoms with Gasteiger partial charge in [-0.1, -0.05) is 6.92 Å². The Bertz CT molecular complexity index is 283. The quantitative estimate of drug-likeness (QED) is 0.709. The summed E-state index contributed by atoms with van der Waals surface area (Å²) < 4.78 is 0. The average Bonchev–Trinajstić information content (AvgIpc) is 2.12. The van der Waals surface area contributed by atoms with Crippen molar-refractivity contribution in [2.24, 2.45) is 5.92 Å². The monoisotopic (exact) mass is 255 g/mol. The van der Waals surface area contributed by atoms with Crippen LogP contribution in [0.2, 0.25) is 0 Å². The fraction of sp³-hybridized carbons (Fsp3) is 0.929. The summed E-state index contributed by atoms with van der Waals surface area (Å²) >= 11 is 0. The van der Waals surface area contributed by atoms with Gasteiger partial charge in [-0.15, -0.1) is 0 Å². The molecule has 1 atom stereocenters. The molecule has 0 aromatic rings. The third-order valence-electron chi connectivity index (χ3n) is 3.49. The normalized spacial score (nSPS) is 24.6. The lowest BCUT2D eigenvalue weighted by Gasteiger charge is -2.46. The molecule has 4 heteroatoms. The van der Waals surface area contributed by atoms with Gasteiger partial charge in [0.2, 0.25) is 5.91 Å². The van der Waals surface area contributed by atoms with Crippen molar-refractivity contribution in [1.29, 1.82) is 0 Å². The van der Waals surface area contributed by atoms with Crippen LogP contribution in [0.4, 0.5) is 0 Å². The molecule has 0 aromatic carbocycles. The molecule has 0 aliphatic carbocycles. The lowest BCUT2D eigenvalue weighted by Crippen LogP contribution is -2.62. The fourth-order valence-corrected chi connectivity index (χ4v) is 3.17. The summed E-state index contributed by atoms with van der Waals surface area (Å²) in [6.45, 7) is 11.5. The predicted molar refractivity (Wildman–Crippen MR) is 75.5 cm³/mol. The highest BCUT2D eigenvalue weighted by atomic mass is 16.1. The maximum atomic E-state index is 12.1. The lowest BCUT2D eigenvalue weighted by atomic mass is 9.79. The van der Waals surface area contributed by atoms with Crippen LogP contribution in [0, 0.1) is 5.92 Å². The van der Waals surface area contributed by atoms with Gasteiger partial charge < -0.3 is 16.0 Å². The van der Waals surface area contributed by atoms with E-state index in [9.17, 15) is 4.79 Å². The number of hydrogen-bond donors (Lipinski definition) is 3. The Kier molecular flexibility index (Phi) is 4.78. The minimum atomic E-state index is 0.0242. The van der Waals surface area contributed by atoms with Crippen LogP contribution in [0.25, 0.3) is 0 Å². The first-order valence-corrected chi connectivity index (χ1v) is 6.89. The summed E-state index contributed by atoms with van der Waals surface area (Å²) in [6.07, 6.45) is 1.96. The first kappa shape index (κ1) is 15.4. The molecule has 1 saturated heterocycles. The number of nitrogens with one attached hydrogen (secondary N) is 3. The van der Waals surface area contributed by atoms with Crippen LogP contribution < -0.4 is 16.0 Å². The first-order chi connectivity index (χ1) is 8.15. The number of amides is 1. The summed E-state index contributed by atoms with van der Waals surface area (Å²) in [5.41, 5.74) is 0.151. The van der Waals surface area contributed by atoms with E-state index in [1.165, 1.54) is 0 Å². The van der Waals surface area contributed by atoms with Gasteiger partial charge >= 0.3 is 0 Å². The van der Waals surface area contributed by atoms with E-state index in [0.717, 1.165) is 19.4 Å². The number of hydrogen-bond acceptors (Lipinski definition) is 3. The van der Waals surface area contributed by atoms with Gasteiger partial charge in [-0.3, -0.25) is 4.79 Å². The largest absolute Gasteiger partial charge is 0.353 e. The highest BCUT2D eigenvalue weighted by Crippen LogP contribution is 2.28. The molecule has 1 rings (SSSR count). The molecule has 1 aliphatic rings. The van der Waals surface area contributed by atoms with E-state index in [2.05, 4.69) is 43.6 Å². The molecule has 0 aromatic heterocycles. The summed E-state index contributed by atoms with van der Waals surface area (Å²) in [5.74, 6) is 0.180. The number of piperidine rings is 1. The molecule has 0 spiro atoms. The third kappa shape index (κ3) is 4.58. The van der Waals surface area contributed by atoms with Crippen molar-refractivity contribution < 1.29 is 4.79 Å². The maximum Gasteiger partial charge on any atom is 0.224 e. The second-order valence-corrected chi connectivity index (χ2v) is 6.97. The van der Waals surface area contributed by atoms with Crippen molar-refractivity contribution in [3.63, 3.8) is 0 Å². The lowest BCUT2D eigenvalue weighted by molar-refractivity contribution is -0.125. The van der Waals surface area contributed by atoms with Crippen LogP contribution in [-0.4, -0.2) is 36.6 Å². The molecule has 0 bridgehead atoms. The van der Waals surface area contributed by atoms with E-state index in [1.807, 2.05) is 14.0 Å². The van der Waals surface area contributed by atoms with E-state index < -0.39 is 0 Å². The molecule has 18 heavy (non-hydrogen) atoms. The zero-order valence-corrected chi connectivity index (χ0v) is 12.7. The molecule has 4 nitrogen and oxygen atoms in total. The predicted octanol–water partition coefficient (Wildman–Crippen LogP) is 1.27. The molecule has 1 amide bonds. The van der Waals surface area contributed by atoms with E-state index in [1.54, 1.807) is 0 Å². The van der Waals surface area contributed by atoms with Gasteiger partial charge in [0.25, 0.3) is 0 Å².